The van der Waals surface area contributed by atoms with Gasteiger partial charge in [0.1, 0.15) is 9.75 Å². The minimum Gasteiger partial charge on any atom is -0.371 e. The lowest BCUT2D eigenvalue weighted by molar-refractivity contribution is -0.0807. The Morgan fingerprint density at radius 3 is 1.61 bits per heavy atom. The molecule has 0 N–H and O–H groups in total. The van der Waals surface area contributed by atoms with E-state index in [1.54, 1.807) is 0 Å². The van der Waals surface area contributed by atoms with Crippen LogP contribution in [0.1, 0.15) is 20.8 Å². The second-order valence-corrected chi connectivity index (χ2v) is 11.2. The second kappa shape index (κ2) is 4.71. The molecular weight excluding hydrogens is 421 g/mol. The number of rotatable bonds is 1. The molecule has 4 bridgehead atoms. The van der Waals surface area contributed by atoms with Crippen molar-refractivity contribution in [3.05, 3.63) is 22.2 Å². The predicted molar refractivity (Wildman–Crippen MR) is 98.1 cm³/mol. The molecule has 0 amide bonds. The van der Waals surface area contributed by atoms with Crippen molar-refractivity contribution in [3.63, 3.8) is 0 Å². The van der Waals surface area contributed by atoms with E-state index < -0.39 is 14.1 Å². The molecule has 2 saturated carbocycles. The molecule has 0 saturated heterocycles. The van der Waals surface area contributed by atoms with Crippen molar-refractivity contribution < 1.29 is 4.74 Å². The summed E-state index contributed by atoms with van der Waals surface area (Å²) in [6.45, 7) is 6.11. The van der Waals surface area contributed by atoms with E-state index in [0.29, 0.717) is 0 Å². The van der Waals surface area contributed by atoms with Gasteiger partial charge in [0, 0.05) is 23.7 Å². The first-order valence-corrected chi connectivity index (χ1v) is 9.84. The van der Waals surface area contributed by atoms with Crippen molar-refractivity contribution in [1.29, 1.82) is 0 Å². The van der Waals surface area contributed by atoms with Crippen LogP contribution in [0.4, 0.5) is 0 Å². The molecule has 7 heteroatoms. The monoisotopic (exact) mass is 434 g/mol. The van der Waals surface area contributed by atoms with Crippen molar-refractivity contribution in [2.45, 2.75) is 46.6 Å². The molecule has 128 valence electrons. The first kappa shape index (κ1) is 17.6. The maximum absolute atomic E-state index is 6.94. The molecule has 4 aliphatic carbocycles. The average Bonchev–Trinajstić information content (AvgIpc) is 3.01. The fraction of sp³-hybridized carbons (Fsp3) is 0.750. The summed E-state index contributed by atoms with van der Waals surface area (Å²) in [6.07, 6.45) is 4.25. The summed E-state index contributed by atoms with van der Waals surface area (Å²) < 4.78 is 4.85. The summed E-state index contributed by atoms with van der Waals surface area (Å²) in [6, 6.07) is 0. The maximum Gasteiger partial charge on any atom is 0.166 e. The van der Waals surface area contributed by atoms with Crippen LogP contribution in [0.5, 0.6) is 0 Å². The Morgan fingerprint density at radius 2 is 1.26 bits per heavy atom. The van der Waals surface area contributed by atoms with Gasteiger partial charge in [-0.1, -0.05) is 58.6 Å². The second-order valence-electron chi connectivity index (χ2n) is 7.91. The number of hydrogen-bond donors (Lipinski definition) is 0. The summed E-state index contributed by atoms with van der Waals surface area (Å²) >= 11 is 40.1. The Labute approximate surface area is 166 Å². The van der Waals surface area contributed by atoms with E-state index in [9.17, 15) is 0 Å². The lowest BCUT2D eigenvalue weighted by Crippen LogP contribution is -2.48. The first-order valence-electron chi connectivity index (χ1n) is 7.57. The van der Waals surface area contributed by atoms with E-state index in [1.165, 1.54) is 0 Å². The molecule has 7 atom stereocenters. The van der Waals surface area contributed by atoms with Gasteiger partial charge in [-0.2, -0.15) is 0 Å². The highest BCUT2D eigenvalue weighted by Gasteiger charge is 2.86. The zero-order chi connectivity index (χ0) is 17.2. The van der Waals surface area contributed by atoms with Crippen LogP contribution in [0.2, 0.25) is 0 Å². The molecule has 0 aromatic heterocycles. The van der Waals surface area contributed by atoms with Crippen molar-refractivity contribution >= 4 is 69.6 Å². The standard InChI is InChI=1S/C16H16Cl6O/c1-13(2,3)23-10-6-4-5-7(10)9-8(6)14(19)11(17)12(18)15(9,20)16(14,21)22/h4-10H,1-3H3/t6-,7+,8+,9-,10?,14+,15-. The minimum atomic E-state index is -1.46. The molecule has 0 aromatic rings. The Kier molecular flexibility index (Phi) is 3.61. The van der Waals surface area contributed by atoms with E-state index >= 15 is 0 Å². The van der Waals surface area contributed by atoms with Crippen LogP contribution in [-0.2, 0) is 4.74 Å². The fourth-order valence-electron chi connectivity index (χ4n) is 5.02. The zero-order valence-electron chi connectivity index (χ0n) is 12.7. The van der Waals surface area contributed by atoms with Crippen molar-refractivity contribution in [1.82, 2.24) is 0 Å². The summed E-state index contributed by atoms with van der Waals surface area (Å²) in [5.41, 5.74) is -0.274. The Bertz CT molecular complexity index is 605. The summed E-state index contributed by atoms with van der Waals surface area (Å²) in [5, 5.41) is 0.551. The molecule has 0 spiro atoms. The van der Waals surface area contributed by atoms with Crippen LogP contribution in [0.25, 0.3) is 0 Å². The van der Waals surface area contributed by atoms with Gasteiger partial charge < -0.3 is 4.74 Å². The third kappa shape index (κ3) is 1.75. The maximum atomic E-state index is 6.94. The summed E-state index contributed by atoms with van der Waals surface area (Å²) in [5.74, 6) is -0.0708. The third-order valence-corrected chi connectivity index (χ3v) is 9.98. The SMILES string of the molecule is CC(C)(C)OC1[C@H]2C=C[C@@H]1[C@H]1[C@@H]2[C@@]2(Cl)C(Cl)=C(Cl)[C@]1(Cl)C2(Cl)Cl. The van der Waals surface area contributed by atoms with E-state index in [0.717, 1.165) is 0 Å². The molecule has 2 fully saturated rings. The summed E-state index contributed by atoms with van der Waals surface area (Å²) in [7, 11) is 0. The zero-order valence-corrected chi connectivity index (χ0v) is 17.3. The van der Waals surface area contributed by atoms with Gasteiger partial charge in [-0.25, -0.2) is 0 Å². The molecule has 4 rings (SSSR count). The smallest absolute Gasteiger partial charge is 0.166 e. The highest BCUT2D eigenvalue weighted by Crippen LogP contribution is 2.81. The Hall–Kier alpha value is 1.18. The quantitative estimate of drug-likeness (QED) is 0.275. The van der Waals surface area contributed by atoms with Gasteiger partial charge in [-0.15, -0.1) is 23.2 Å². The molecule has 1 nitrogen and oxygen atoms in total. The molecule has 0 aromatic carbocycles. The first-order chi connectivity index (χ1) is 10.4. The van der Waals surface area contributed by atoms with Crippen LogP contribution >= 0.6 is 69.6 Å². The Morgan fingerprint density at radius 1 is 0.870 bits per heavy atom. The van der Waals surface area contributed by atoms with Crippen LogP contribution in [-0.4, -0.2) is 25.8 Å². The normalized spacial score (nSPS) is 52.7. The largest absolute Gasteiger partial charge is 0.371 e. The lowest BCUT2D eigenvalue weighted by Gasteiger charge is -2.37. The molecule has 4 aliphatic rings. The van der Waals surface area contributed by atoms with E-state index in [2.05, 4.69) is 12.2 Å². The number of hydrogen-bond acceptors (Lipinski definition) is 1. The van der Waals surface area contributed by atoms with Gasteiger partial charge in [-0.3, -0.25) is 0 Å². The van der Waals surface area contributed by atoms with Gasteiger partial charge in [-0.05, 0) is 20.8 Å². The van der Waals surface area contributed by atoms with Crippen LogP contribution in [0.3, 0.4) is 0 Å². The van der Waals surface area contributed by atoms with Gasteiger partial charge in [0.2, 0.25) is 0 Å². The average molecular weight is 437 g/mol. The van der Waals surface area contributed by atoms with E-state index in [-0.39, 0.29) is 45.4 Å². The van der Waals surface area contributed by atoms with Gasteiger partial charge in [0.15, 0.2) is 4.33 Å². The molecule has 1 unspecified atom stereocenters. The van der Waals surface area contributed by atoms with Crippen molar-refractivity contribution in [2.75, 3.05) is 0 Å². The summed E-state index contributed by atoms with van der Waals surface area (Å²) in [4.78, 5) is -2.38. The predicted octanol–water partition coefficient (Wildman–Crippen LogP) is 6.06. The minimum absolute atomic E-state index is 0.0160. The third-order valence-electron chi connectivity index (χ3n) is 5.68. The molecule has 0 heterocycles. The number of allylic oxidation sites excluding steroid dienone is 2. The number of ether oxygens (including phenoxy) is 1. The lowest BCUT2D eigenvalue weighted by atomic mass is 9.75. The molecule has 23 heavy (non-hydrogen) atoms. The molecule has 0 aliphatic heterocycles. The van der Waals surface area contributed by atoms with E-state index in [1.807, 2.05) is 20.8 Å². The highest BCUT2D eigenvalue weighted by atomic mass is 35.5. The van der Waals surface area contributed by atoms with Gasteiger partial charge >= 0.3 is 0 Å². The van der Waals surface area contributed by atoms with Crippen molar-refractivity contribution in [2.24, 2.45) is 23.7 Å². The number of alkyl halides is 4. The highest BCUT2D eigenvalue weighted by molar-refractivity contribution is 6.65. The topological polar surface area (TPSA) is 9.23 Å². The van der Waals surface area contributed by atoms with Crippen LogP contribution in [0, 0.1) is 23.7 Å². The molecular formula is C16H16Cl6O. The van der Waals surface area contributed by atoms with Gasteiger partial charge in [0.25, 0.3) is 0 Å². The molecule has 0 radical (unpaired) electrons. The van der Waals surface area contributed by atoms with Crippen LogP contribution in [0.15, 0.2) is 22.2 Å². The van der Waals surface area contributed by atoms with E-state index in [4.69, 9.17) is 74.3 Å². The van der Waals surface area contributed by atoms with Crippen LogP contribution < -0.4 is 0 Å². The van der Waals surface area contributed by atoms with Gasteiger partial charge in [0.05, 0.1) is 21.8 Å². The Balaban J connectivity index is 1.85. The fourth-order valence-corrected chi connectivity index (χ4v) is 8.12. The number of halogens is 6. The number of fused-ring (bicyclic) bond motifs is 9. The van der Waals surface area contributed by atoms with Crippen molar-refractivity contribution in [3.8, 4) is 0 Å².